The minimum Gasteiger partial charge on any atom is -0.382 e. The number of carbonyl (C=O) groups excluding carboxylic acids is 1. The van der Waals surface area contributed by atoms with Crippen LogP contribution in [0, 0.1) is 11.8 Å². The molecule has 0 bridgehead atoms. The van der Waals surface area contributed by atoms with Crippen molar-refractivity contribution in [3.05, 3.63) is 0 Å². The van der Waals surface area contributed by atoms with E-state index in [2.05, 4.69) is 5.32 Å². The van der Waals surface area contributed by atoms with E-state index in [1.165, 1.54) is 0 Å². The number of amides is 1. The van der Waals surface area contributed by atoms with Gasteiger partial charge in [-0.3, -0.25) is 4.79 Å². The number of nitrogens with one attached hydrogen (secondary N) is 1. The number of alkyl halides is 3. The third-order valence-electron chi connectivity index (χ3n) is 2.26. The predicted molar refractivity (Wildman–Crippen MR) is 49.1 cm³/mol. The zero-order valence-corrected chi connectivity index (χ0v) is 8.93. The van der Waals surface area contributed by atoms with E-state index < -0.39 is 24.7 Å². The van der Waals surface area contributed by atoms with E-state index in [9.17, 15) is 18.0 Å². The van der Waals surface area contributed by atoms with Crippen LogP contribution in [0.4, 0.5) is 13.2 Å². The standard InChI is InChI=1S/C9H16F3NO2/c1-5(2)6(3)8(15)13-4-7(14)9(10,11)12/h5-7,14H,4H2,1-3H3,(H,13,15). The van der Waals surface area contributed by atoms with Crippen molar-refractivity contribution in [3.8, 4) is 0 Å². The highest BCUT2D eigenvalue weighted by Crippen LogP contribution is 2.19. The molecule has 0 aliphatic heterocycles. The Morgan fingerprint density at radius 3 is 2.13 bits per heavy atom. The number of rotatable bonds is 4. The molecule has 2 atom stereocenters. The molecule has 0 aliphatic rings. The number of carbonyl (C=O) groups is 1. The monoisotopic (exact) mass is 227 g/mol. The van der Waals surface area contributed by atoms with Crippen LogP contribution in [0.15, 0.2) is 0 Å². The Balaban J connectivity index is 4.02. The first-order valence-corrected chi connectivity index (χ1v) is 4.68. The van der Waals surface area contributed by atoms with Crippen molar-refractivity contribution in [2.24, 2.45) is 11.8 Å². The first-order valence-electron chi connectivity index (χ1n) is 4.68. The second-order valence-electron chi connectivity index (χ2n) is 3.84. The summed E-state index contributed by atoms with van der Waals surface area (Å²) in [4.78, 5) is 11.2. The molecule has 2 N–H and O–H groups in total. The quantitative estimate of drug-likeness (QED) is 0.761. The van der Waals surface area contributed by atoms with Crippen LogP contribution in [0.2, 0.25) is 0 Å². The molecule has 0 radical (unpaired) electrons. The lowest BCUT2D eigenvalue weighted by atomic mass is 9.97. The van der Waals surface area contributed by atoms with Gasteiger partial charge in [-0.2, -0.15) is 13.2 Å². The summed E-state index contributed by atoms with van der Waals surface area (Å²) in [5.41, 5.74) is 0. The fourth-order valence-electron chi connectivity index (χ4n) is 0.777. The summed E-state index contributed by atoms with van der Waals surface area (Å²) in [6.45, 7) is 4.42. The Morgan fingerprint density at radius 1 is 1.33 bits per heavy atom. The molecule has 0 aromatic rings. The number of halogens is 3. The maximum absolute atomic E-state index is 11.9. The summed E-state index contributed by atoms with van der Waals surface area (Å²) in [5, 5.41) is 10.7. The Labute approximate surface area is 86.7 Å². The SMILES string of the molecule is CC(C)C(C)C(=O)NCC(O)C(F)(F)F. The van der Waals surface area contributed by atoms with E-state index in [-0.39, 0.29) is 11.8 Å². The highest BCUT2D eigenvalue weighted by atomic mass is 19.4. The van der Waals surface area contributed by atoms with Crippen LogP contribution in [0.25, 0.3) is 0 Å². The fraction of sp³-hybridized carbons (Fsp3) is 0.889. The Morgan fingerprint density at radius 2 is 1.80 bits per heavy atom. The van der Waals surface area contributed by atoms with Crippen LogP contribution in [0.1, 0.15) is 20.8 Å². The highest BCUT2D eigenvalue weighted by Gasteiger charge is 2.38. The van der Waals surface area contributed by atoms with Gasteiger partial charge in [0.15, 0.2) is 6.10 Å². The topological polar surface area (TPSA) is 49.3 Å². The Hall–Kier alpha value is -0.780. The van der Waals surface area contributed by atoms with Crippen LogP contribution in [0.5, 0.6) is 0 Å². The van der Waals surface area contributed by atoms with E-state index in [4.69, 9.17) is 5.11 Å². The van der Waals surface area contributed by atoms with Gasteiger partial charge in [0.1, 0.15) is 0 Å². The van der Waals surface area contributed by atoms with Gasteiger partial charge in [-0.15, -0.1) is 0 Å². The second kappa shape index (κ2) is 5.34. The number of aliphatic hydroxyl groups excluding tert-OH is 1. The molecule has 90 valence electrons. The van der Waals surface area contributed by atoms with Gasteiger partial charge in [-0.25, -0.2) is 0 Å². The van der Waals surface area contributed by atoms with E-state index in [0.717, 1.165) is 0 Å². The summed E-state index contributed by atoms with van der Waals surface area (Å²) < 4.78 is 35.6. The summed E-state index contributed by atoms with van der Waals surface area (Å²) in [5.74, 6) is -0.799. The Kier molecular flexibility index (Phi) is 5.07. The molecule has 2 unspecified atom stereocenters. The molecule has 3 nitrogen and oxygen atoms in total. The summed E-state index contributed by atoms with van der Waals surface area (Å²) in [6, 6.07) is 0. The van der Waals surface area contributed by atoms with Gasteiger partial charge in [0.05, 0.1) is 6.54 Å². The molecule has 0 saturated heterocycles. The molecule has 0 heterocycles. The molecule has 1 amide bonds. The molecule has 6 heteroatoms. The van der Waals surface area contributed by atoms with E-state index in [0.29, 0.717) is 0 Å². The minimum absolute atomic E-state index is 0.0491. The lowest BCUT2D eigenvalue weighted by Crippen LogP contribution is -2.43. The van der Waals surface area contributed by atoms with Crippen molar-refractivity contribution in [3.63, 3.8) is 0 Å². The highest BCUT2D eigenvalue weighted by molar-refractivity contribution is 5.78. The predicted octanol–water partition coefficient (Wildman–Crippen LogP) is 1.32. The minimum atomic E-state index is -4.69. The molecular weight excluding hydrogens is 211 g/mol. The van der Waals surface area contributed by atoms with Gasteiger partial charge >= 0.3 is 6.18 Å². The van der Waals surface area contributed by atoms with Crippen molar-refractivity contribution < 1.29 is 23.1 Å². The second-order valence-corrected chi connectivity index (χ2v) is 3.84. The smallest absolute Gasteiger partial charge is 0.382 e. The molecule has 0 aromatic carbocycles. The summed E-state index contributed by atoms with van der Waals surface area (Å²) >= 11 is 0. The van der Waals surface area contributed by atoms with Crippen LogP contribution in [0.3, 0.4) is 0 Å². The number of aliphatic hydroxyl groups is 1. The normalized spacial score (nSPS) is 16.3. The summed E-state index contributed by atoms with van der Waals surface area (Å²) in [6.07, 6.45) is -7.19. The molecule has 0 fully saturated rings. The number of hydrogen-bond donors (Lipinski definition) is 2. The third kappa shape index (κ3) is 5.01. The van der Waals surface area contributed by atoms with Crippen LogP contribution in [-0.4, -0.2) is 29.8 Å². The first kappa shape index (κ1) is 14.2. The van der Waals surface area contributed by atoms with Crippen molar-refractivity contribution >= 4 is 5.91 Å². The van der Waals surface area contributed by atoms with Crippen LogP contribution in [-0.2, 0) is 4.79 Å². The fourth-order valence-corrected chi connectivity index (χ4v) is 0.777. The van der Waals surface area contributed by atoms with Gasteiger partial charge in [0.25, 0.3) is 0 Å². The molecule has 0 spiro atoms. The molecule has 0 saturated carbocycles. The van der Waals surface area contributed by atoms with E-state index in [1.807, 2.05) is 0 Å². The largest absolute Gasteiger partial charge is 0.416 e. The van der Waals surface area contributed by atoms with E-state index >= 15 is 0 Å². The van der Waals surface area contributed by atoms with Gasteiger partial charge in [-0.05, 0) is 5.92 Å². The van der Waals surface area contributed by atoms with Crippen LogP contribution >= 0.6 is 0 Å². The van der Waals surface area contributed by atoms with E-state index in [1.54, 1.807) is 20.8 Å². The average molecular weight is 227 g/mol. The van der Waals surface area contributed by atoms with Crippen molar-refractivity contribution in [2.45, 2.75) is 33.1 Å². The molecular formula is C9H16F3NO2. The van der Waals surface area contributed by atoms with Crippen molar-refractivity contribution in [2.75, 3.05) is 6.54 Å². The van der Waals surface area contributed by atoms with Crippen LogP contribution < -0.4 is 5.32 Å². The third-order valence-corrected chi connectivity index (χ3v) is 2.26. The zero-order valence-electron chi connectivity index (χ0n) is 8.93. The van der Waals surface area contributed by atoms with Gasteiger partial charge in [-0.1, -0.05) is 20.8 Å². The lowest BCUT2D eigenvalue weighted by molar-refractivity contribution is -0.202. The first-order chi connectivity index (χ1) is 6.66. The lowest BCUT2D eigenvalue weighted by Gasteiger charge is -2.18. The van der Waals surface area contributed by atoms with Gasteiger partial charge < -0.3 is 10.4 Å². The average Bonchev–Trinajstić information content (AvgIpc) is 2.10. The summed E-state index contributed by atoms with van der Waals surface area (Å²) in [7, 11) is 0. The zero-order chi connectivity index (χ0) is 12.2. The molecule has 0 rings (SSSR count). The van der Waals surface area contributed by atoms with Crippen molar-refractivity contribution in [1.29, 1.82) is 0 Å². The maximum atomic E-state index is 11.9. The van der Waals surface area contributed by atoms with Gasteiger partial charge in [0, 0.05) is 5.92 Å². The van der Waals surface area contributed by atoms with Gasteiger partial charge in [0.2, 0.25) is 5.91 Å². The molecule has 0 aromatic heterocycles. The molecule has 15 heavy (non-hydrogen) atoms. The van der Waals surface area contributed by atoms with Crippen molar-refractivity contribution in [1.82, 2.24) is 5.32 Å². The number of hydrogen-bond acceptors (Lipinski definition) is 2. The maximum Gasteiger partial charge on any atom is 0.416 e. The molecule has 0 aliphatic carbocycles. The Bertz CT molecular complexity index is 216.